The van der Waals surface area contributed by atoms with Crippen molar-refractivity contribution in [3.05, 3.63) is 98.6 Å². The van der Waals surface area contributed by atoms with E-state index in [0.29, 0.717) is 16.1 Å². The summed E-state index contributed by atoms with van der Waals surface area (Å²) in [5.74, 6) is -0.531. The number of non-ortho nitro benzene ring substituents is 1. The summed E-state index contributed by atoms with van der Waals surface area (Å²) in [6, 6.07) is 19.2. The lowest BCUT2D eigenvalue weighted by Crippen LogP contribution is -2.12. The number of hydrogen-bond donors (Lipinski definition) is 1. The minimum atomic E-state index is -0.626. The first-order valence-electron chi connectivity index (χ1n) is 9.82. The number of methoxy groups -OCH3 is 1. The Kier molecular flexibility index (Phi) is 6.28. The lowest BCUT2D eigenvalue weighted by Gasteiger charge is -2.05. The molecule has 0 aliphatic carbocycles. The number of nitrogens with zero attached hydrogens (tertiary/aromatic N) is 3. The van der Waals surface area contributed by atoms with Gasteiger partial charge in [0.1, 0.15) is 0 Å². The van der Waals surface area contributed by atoms with Gasteiger partial charge in [0.25, 0.3) is 11.6 Å². The Bertz CT molecular complexity index is 1390. The van der Waals surface area contributed by atoms with Gasteiger partial charge in [-0.15, -0.1) is 0 Å². The zero-order valence-corrected chi connectivity index (χ0v) is 18.4. The topological polar surface area (TPSA) is 138 Å². The largest absolute Gasteiger partial charge is 0.490 e. The summed E-state index contributed by atoms with van der Waals surface area (Å²) in [6.45, 7) is 0. The molecular formula is C23H16N4O6S. The highest BCUT2D eigenvalue weighted by Crippen LogP contribution is 2.39. The fraction of sp³-hybridized carbons (Fsp3) is 0.0435. The Balaban J connectivity index is 1.71. The van der Waals surface area contributed by atoms with Gasteiger partial charge in [-0.2, -0.15) is 0 Å². The molecule has 0 atom stereocenters. The van der Waals surface area contributed by atoms with E-state index < -0.39 is 15.8 Å². The first kappa shape index (κ1) is 22.6. The van der Waals surface area contributed by atoms with E-state index >= 15 is 0 Å². The zero-order chi connectivity index (χ0) is 24.2. The summed E-state index contributed by atoms with van der Waals surface area (Å²) in [7, 11) is 1.31. The maximum absolute atomic E-state index is 12.8. The molecule has 0 aliphatic rings. The highest BCUT2D eigenvalue weighted by molar-refractivity contribution is 7.19. The maximum atomic E-state index is 12.8. The van der Waals surface area contributed by atoms with Crippen LogP contribution in [0.1, 0.15) is 10.4 Å². The molecule has 1 aromatic heterocycles. The molecule has 1 amide bonds. The minimum absolute atomic E-state index is 0.0378. The fourth-order valence-electron chi connectivity index (χ4n) is 3.24. The Labute approximate surface area is 196 Å². The number of anilines is 1. The summed E-state index contributed by atoms with van der Waals surface area (Å²) in [5.41, 5.74) is 1.79. The lowest BCUT2D eigenvalue weighted by molar-refractivity contribution is -0.385. The molecule has 4 aromatic rings. The number of hydrogen-bond acceptors (Lipinski definition) is 8. The SMILES string of the molecule is COc1ccc(C(=O)Nc2nc(-c3ccccc3)c(-c3ccc([N+](=O)[O-])cc3)s2)cc1[N+](=O)[O-]. The van der Waals surface area contributed by atoms with E-state index in [-0.39, 0.29) is 27.8 Å². The van der Waals surface area contributed by atoms with E-state index in [2.05, 4.69) is 10.3 Å². The third-order valence-electron chi connectivity index (χ3n) is 4.87. The quantitative estimate of drug-likeness (QED) is 0.272. The van der Waals surface area contributed by atoms with Crippen molar-refractivity contribution >= 4 is 33.8 Å². The van der Waals surface area contributed by atoms with E-state index in [1.54, 1.807) is 12.1 Å². The van der Waals surface area contributed by atoms with Gasteiger partial charge < -0.3 is 4.74 Å². The van der Waals surface area contributed by atoms with E-state index in [4.69, 9.17) is 4.74 Å². The van der Waals surface area contributed by atoms with Gasteiger partial charge >= 0.3 is 5.69 Å². The zero-order valence-electron chi connectivity index (χ0n) is 17.6. The molecule has 0 saturated carbocycles. The van der Waals surface area contributed by atoms with E-state index in [0.717, 1.165) is 11.6 Å². The maximum Gasteiger partial charge on any atom is 0.311 e. The van der Waals surface area contributed by atoms with Crippen molar-refractivity contribution in [3.63, 3.8) is 0 Å². The number of nitro groups is 2. The second-order valence-electron chi connectivity index (χ2n) is 6.96. The second kappa shape index (κ2) is 9.46. The summed E-state index contributed by atoms with van der Waals surface area (Å²) >= 11 is 1.19. The molecular weight excluding hydrogens is 460 g/mol. The number of nitrogens with one attached hydrogen (secondary N) is 1. The van der Waals surface area contributed by atoms with Gasteiger partial charge in [0.2, 0.25) is 0 Å². The van der Waals surface area contributed by atoms with E-state index in [1.165, 1.54) is 42.7 Å². The van der Waals surface area contributed by atoms with Gasteiger partial charge in [-0.25, -0.2) is 4.98 Å². The molecule has 0 radical (unpaired) electrons. The molecule has 0 saturated heterocycles. The number of thiazole rings is 1. The summed E-state index contributed by atoms with van der Waals surface area (Å²) < 4.78 is 4.97. The second-order valence-corrected chi connectivity index (χ2v) is 7.96. The van der Waals surface area contributed by atoms with Crippen molar-refractivity contribution in [1.82, 2.24) is 4.98 Å². The molecule has 10 nitrogen and oxygen atoms in total. The number of ether oxygens (including phenoxy) is 1. The van der Waals surface area contributed by atoms with Crippen LogP contribution < -0.4 is 10.1 Å². The van der Waals surface area contributed by atoms with Gasteiger partial charge in [0.15, 0.2) is 10.9 Å². The van der Waals surface area contributed by atoms with Crippen molar-refractivity contribution in [1.29, 1.82) is 0 Å². The highest BCUT2D eigenvalue weighted by atomic mass is 32.1. The first-order chi connectivity index (χ1) is 16.4. The predicted molar refractivity (Wildman–Crippen MR) is 127 cm³/mol. The van der Waals surface area contributed by atoms with E-state index in [9.17, 15) is 25.0 Å². The molecule has 0 bridgehead atoms. The molecule has 170 valence electrons. The van der Waals surface area contributed by atoms with Crippen LogP contribution in [0.4, 0.5) is 16.5 Å². The van der Waals surface area contributed by atoms with Crippen LogP contribution in [-0.2, 0) is 0 Å². The average molecular weight is 476 g/mol. The normalized spacial score (nSPS) is 10.5. The van der Waals surface area contributed by atoms with Crippen molar-refractivity contribution in [2.24, 2.45) is 0 Å². The van der Waals surface area contributed by atoms with Gasteiger partial charge in [-0.3, -0.25) is 30.3 Å². The Morgan fingerprint density at radius 2 is 1.65 bits per heavy atom. The monoisotopic (exact) mass is 476 g/mol. The van der Waals surface area contributed by atoms with Gasteiger partial charge in [-0.05, 0) is 29.8 Å². The Morgan fingerprint density at radius 3 is 2.26 bits per heavy atom. The average Bonchev–Trinajstić information content (AvgIpc) is 3.27. The molecule has 34 heavy (non-hydrogen) atoms. The van der Waals surface area contributed by atoms with Crippen molar-refractivity contribution < 1.29 is 19.4 Å². The van der Waals surface area contributed by atoms with Crippen LogP contribution >= 0.6 is 11.3 Å². The van der Waals surface area contributed by atoms with Crippen LogP contribution in [-0.4, -0.2) is 27.8 Å². The third kappa shape index (κ3) is 4.59. The highest BCUT2D eigenvalue weighted by Gasteiger charge is 2.21. The molecule has 0 unspecified atom stereocenters. The standard InChI is InChI=1S/C23H16N4O6S/c1-33-19-12-9-16(13-18(19)27(31)32)22(28)25-23-24-20(14-5-3-2-4-6-14)21(34-23)15-7-10-17(11-8-15)26(29)30/h2-13H,1H3,(H,24,25,28). The Morgan fingerprint density at radius 1 is 0.941 bits per heavy atom. The summed E-state index contributed by atoms with van der Waals surface area (Å²) in [4.78, 5) is 39.3. The molecule has 1 N–H and O–H groups in total. The van der Waals surface area contributed by atoms with Gasteiger partial charge in [0.05, 0.1) is 27.5 Å². The molecule has 3 aromatic carbocycles. The van der Waals surface area contributed by atoms with Gasteiger partial charge in [-0.1, -0.05) is 41.7 Å². The number of carbonyl (C=O) groups excluding carboxylic acids is 1. The Hall–Kier alpha value is -4.64. The molecule has 11 heteroatoms. The number of aromatic nitrogens is 1. The molecule has 0 aliphatic heterocycles. The number of carbonyl (C=O) groups is 1. The van der Waals surface area contributed by atoms with Crippen LogP contribution in [0, 0.1) is 20.2 Å². The molecule has 4 rings (SSSR count). The first-order valence-corrected chi connectivity index (χ1v) is 10.6. The summed E-state index contributed by atoms with van der Waals surface area (Å²) in [5, 5.41) is 25.2. The van der Waals surface area contributed by atoms with E-state index in [1.807, 2.05) is 30.3 Å². The molecule has 1 heterocycles. The third-order valence-corrected chi connectivity index (χ3v) is 5.89. The van der Waals surface area contributed by atoms with Crippen molar-refractivity contribution in [3.8, 4) is 27.4 Å². The number of amides is 1. The van der Waals surface area contributed by atoms with Crippen LogP contribution in [0.2, 0.25) is 0 Å². The van der Waals surface area contributed by atoms with Gasteiger partial charge in [0, 0.05) is 29.3 Å². The van der Waals surface area contributed by atoms with Crippen molar-refractivity contribution in [2.45, 2.75) is 0 Å². The van der Waals surface area contributed by atoms with Crippen molar-refractivity contribution in [2.75, 3.05) is 12.4 Å². The lowest BCUT2D eigenvalue weighted by atomic mass is 10.1. The molecule has 0 fully saturated rings. The van der Waals surface area contributed by atoms with Crippen LogP contribution in [0.25, 0.3) is 21.7 Å². The minimum Gasteiger partial charge on any atom is -0.490 e. The summed E-state index contributed by atoms with van der Waals surface area (Å²) in [6.07, 6.45) is 0. The predicted octanol–water partition coefficient (Wildman–Crippen LogP) is 5.55. The number of nitro benzene ring substituents is 2. The number of rotatable bonds is 7. The van der Waals surface area contributed by atoms with Crippen LogP contribution in [0.15, 0.2) is 72.8 Å². The van der Waals surface area contributed by atoms with Crippen LogP contribution in [0.5, 0.6) is 5.75 Å². The van der Waals surface area contributed by atoms with Crippen LogP contribution in [0.3, 0.4) is 0 Å². The molecule has 0 spiro atoms. The number of benzene rings is 3. The smallest absolute Gasteiger partial charge is 0.311 e. The fourth-order valence-corrected chi connectivity index (χ4v) is 4.23.